The van der Waals surface area contributed by atoms with Crippen molar-refractivity contribution >= 4 is 11.6 Å². The summed E-state index contributed by atoms with van der Waals surface area (Å²) in [5.41, 5.74) is 1.45. The van der Waals surface area contributed by atoms with E-state index in [1.807, 2.05) is 12.1 Å². The molecule has 130 valence electrons. The quantitative estimate of drug-likeness (QED) is 0.718. The predicted molar refractivity (Wildman–Crippen MR) is 99.9 cm³/mol. The molecular weight excluding hydrogens is 318 g/mol. The summed E-state index contributed by atoms with van der Waals surface area (Å²) < 4.78 is 5.61. The van der Waals surface area contributed by atoms with Gasteiger partial charge in [0.25, 0.3) is 0 Å². The Bertz CT molecular complexity index is 633. The molecule has 0 N–H and O–H groups in total. The van der Waals surface area contributed by atoms with Gasteiger partial charge in [-0.05, 0) is 80.1 Å². The molecule has 1 aromatic rings. The van der Waals surface area contributed by atoms with Gasteiger partial charge < -0.3 is 9.64 Å². The summed E-state index contributed by atoms with van der Waals surface area (Å²) in [6.45, 7) is 6.03. The van der Waals surface area contributed by atoms with Crippen molar-refractivity contribution in [3.63, 3.8) is 0 Å². The standard InChI is InChI=1S/C21H28ClNO/c1-21(19-13-18(22)5-6-20(19)24-2)7-9-23(10-8-21)14-17-12-15-3-4-16(17)11-15/h3-6,13,15-17H,7-12,14H2,1-2H3/t15-,16-,17-/m0/s1. The summed E-state index contributed by atoms with van der Waals surface area (Å²) in [5, 5.41) is 0.809. The Hall–Kier alpha value is -0.990. The molecule has 24 heavy (non-hydrogen) atoms. The molecule has 4 rings (SSSR count). The minimum Gasteiger partial charge on any atom is -0.496 e. The summed E-state index contributed by atoms with van der Waals surface area (Å²) >= 11 is 6.26. The highest BCUT2D eigenvalue weighted by Gasteiger charge is 2.39. The summed E-state index contributed by atoms with van der Waals surface area (Å²) in [6, 6.07) is 6.04. The van der Waals surface area contributed by atoms with Crippen LogP contribution in [0.3, 0.4) is 0 Å². The van der Waals surface area contributed by atoms with E-state index >= 15 is 0 Å². The van der Waals surface area contributed by atoms with Crippen LogP contribution in [0.25, 0.3) is 0 Å². The van der Waals surface area contributed by atoms with Crippen LogP contribution in [0.15, 0.2) is 30.4 Å². The maximum Gasteiger partial charge on any atom is 0.122 e. The Balaban J connectivity index is 1.42. The van der Waals surface area contributed by atoms with Gasteiger partial charge in [0, 0.05) is 17.1 Å². The van der Waals surface area contributed by atoms with Crippen molar-refractivity contribution < 1.29 is 4.74 Å². The molecule has 0 spiro atoms. The maximum atomic E-state index is 6.26. The molecule has 0 amide bonds. The molecule has 0 radical (unpaired) electrons. The number of halogens is 1. The molecule has 1 aliphatic heterocycles. The predicted octanol–water partition coefficient (Wildman–Crippen LogP) is 4.91. The first kappa shape index (κ1) is 16.5. The third-order valence-corrected chi connectivity index (χ3v) is 6.92. The number of rotatable bonds is 4. The van der Waals surface area contributed by atoms with Gasteiger partial charge in [-0.1, -0.05) is 30.7 Å². The average molecular weight is 346 g/mol. The molecule has 2 aliphatic carbocycles. The van der Waals surface area contributed by atoms with Gasteiger partial charge in [0.1, 0.15) is 5.75 Å². The monoisotopic (exact) mass is 345 g/mol. The third kappa shape index (κ3) is 2.99. The van der Waals surface area contributed by atoms with Crippen molar-refractivity contribution in [3.05, 3.63) is 40.9 Å². The van der Waals surface area contributed by atoms with E-state index in [2.05, 4.69) is 30.0 Å². The molecule has 3 atom stereocenters. The summed E-state index contributed by atoms with van der Waals surface area (Å²) in [6.07, 6.45) is 10.1. The summed E-state index contributed by atoms with van der Waals surface area (Å²) in [7, 11) is 1.76. The second-order valence-electron chi connectivity index (χ2n) is 8.25. The van der Waals surface area contributed by atoms with Crippen molar-refractivity contribution in [2.75, 3.05) is 26.7 Å². The van der Waals surface area contributed by atoms with Crippen LogP contribution in [0.4, 0.5) is 0 Å². The molecule has 1 aromatic carbocycles. The van der Waals surface area contributed by atoms with Crippen molar-refractivity contribution in [3.8, 4) is 5.75 Å². The molecule has 3 heteroatoms. The lowest BCUT2D eigenvalue weighted by molar-refractivity contribution is 0.139. The van der Waals surface area contributed by atoms with E-state index in [4.69, 9.17) is 16.3 Å². The lowest BCUT2D eigenvalue weighted by Gasteiger charge is -2.41. The average Bonchev–Trinajstić information content (AvgIpc) is 3.20. The van der Waals surface area contributed by atoms with Crippen LogP contribution < -0.4 is 4.74 Å². The van der Waals surface area contributed by atoms with Gasteiger partial charge in [-0.15, -0.1) is 0 Å². The summed E-state index contributed by atoms with van der Waals surface area (Å²) in [5.74, 6) is 3.61. The Morgan fingerprint density at radius 1 is 1.21 bits per heavy atom. The molecule has 2 fully saturated rings. The van der Waals surface area contributed by atoms with E-state index in [9.17, 15) is 0 Å². The zero-order chi connectivity index (χ0) is 16.7. The fourth-order valence-corrected chi connectivity index (χ4v) is 5.26. The number of piperidine rings is 1. The van der Waals surface area contributed by atoms with Crippen LogP contribution in [0, 0.1) is 17.8 Å². The highest BCUT2D eigenvalue weighted by molar-refractivity contribution is 6.30. The van der Waals surface area contributed by atoms with Crippen molar-refractivity contribution in [1.82, 2.24) is 4.90 Å². The SMILES string of the molecule is COc1ccc(Cl)cc1C1(C)CCN(C[C@@H]2C[C@H]3C=C[C@H]2C3)CC1. The van der Waals surface area contributed by atoms with E-state index in [0.29, 0.717) is 0 Å². The number of methoxy groups -OCH3 is 1. The highest BCUT2D eigenvalue weighted by atomic mass is 35.5. The topological polar surface area (TPSA) is 12.5 Å². The Morgan fingerprint density at radius 3 is 2.62 bits per heavy atom. The van der Waals surface area contributed by atoms with E-state index < -0.39 is 0 Å². The largest absolute Gasteiger partial charge is 0.496 e. The molecule has 0 unspecified atom stereocenters. The van der Waals surface area contributed by atoms with Crippen molar-refractivity contribution in [2.45, 2.75) is 38.0 Å². The first-order valence-electron chi connectivity index (χ1n) is 9.32. The van der Waals surface area contributed by atoms with Gasteiger partial charge in [0.2, 0.25) is 0 Å². The minimum atomic E-state index is 0.168. The molecule has 0 aromatic heterocycles. The van der Waals surface area contributed by atoms with E-state index in [1.54, 1.807) is 7.11 Å². The normalized spacial score (nSPS) is 31.5. The van der Waals surface area contributed by atoms with Crippen molar-refractivity contribution in [2.24, 2.45) is 17.8 Å². The van der Waals surface area contributed by atoms with Crippen LogP contribution >= 0.6 is 11.6 Å². The van der Waals surface area contributed by atoms with Crippen LogP contribution in [0.1, 0.15) is 38.2 Å². The van der Waals surface area contributed by atoms with E-state index in [0.717, 1.165) is 28.5 Å². The Labute approximate surface area is 150 Å². The van der Waals surface area contributed by atoms with E-state index in [1.165, 1.54) is 50.9 Å². The second-order valence-corrected chi connectivity index (χ2v) is 8.68. The Morgan fingerprint density at radius 2 is 2.00 bits per heavy atom. The molecule has 1 saturated heterocycles. The zero-order valence-corrected chi connectivity index (χ0v) is 15.6. The number of likely N-dealkylation sites (tertiary alicyclic amines) is 1. The first-order chi connectivity index (χ1) is 11.6. The second kappa shape index (κ2) is 6.38. The van der Waals surface area contributed by atoms with Gasteiger partial charge in [-0.3, -0.25) is 0 Å². The molecule has 1 heterocycles. The smallest absolute Gasteiger partial charge is 0.122 e. The molecule has 3 aliphatic rings. The van der Waals surface area contributed by atoms with Gasteiger partial charge >= 0.3 is 0 Å². The number of nitrogens with zero attached hydrogens (tertiary/aromatic N) is 1. The van der Waals surface area contributed by atoms with Gasteiger partial charge in [-0.25, -0.2) is 0 Å². The van der Waals surface area contributed by atoms with Crippen LogP contribution in [0.2, 0.25) is 5.02 Å². The molecular formula is C21H28ClNO. The van der Waals surface area contributed by atoms with Crippen LogP contribution in [0.5, 0.6) is 5.75 Å². The lowest BCUT2D eigenvalue weighted by Crippen LogP contribution is -2.43. The van der Waals surface area contributed by atoms with Crippen LogP contribution in [-0.4, -0.2) is 31.6 Å². The number of benzene rings is 1. The number of hydrogen-bond donors (Lipinski definition) is 0. The van der Waals surface area contributed by atoms with Gasteiger partial charge in [0.05, 0.1) is 7.11 Å². The Kier molecular flexibility index (Phi) is 4.38. The molecule has 2 bridgehead atoms. The molecule has 1 saturated carbocycles. The van der Waals surface area contributed by atoms with Gasteiger partial charge in [0.15, 0.2) is 0 Å². The first-order valence-corrected chi connectivity index (χ1v) is 9.70. The van der Waals surface area contributed by atoms with Crippen molar-refractivity contribution in [1.29, 1.82) is 0 Å². The fraction of sp³-hybridized carbons (Fsp3) is 0.619. The number of ether oxygens (including phenoxy) is 1. The third-order valence-electron chi connectivity index (χ3n) is 6.68. The zero-order valence-electron chi connectivity index (χ0n) is 14.8. The van der Waals surface area contributed by atoms with Crippen LogP contribution in [-0.2, 0) is 5.41 Å². The van der Waals surface area contributed by atoms with Gasteiger partial charge in [-0.2, -0.15) is 0 Å². The lowest BCUT2D eigenvalue weighted by atomic mass is 9.74. The van der Waals surface area contributed by atoms with E-state index in [-0.39, 0.29) is 5.41 Å². The minimum absolute atomic E-state index is 0.168. The highest BCUT2D eigenvalue weighted by Crippen LogP contribution is 2.45. The number of allylic oxidation sites excluding steroid dienone is 2. The fourth-order valence-electron chi connectivity index (χ4n) is 5.09. The number of hydrogen-bond acceptors (Lipinski definition) is 2. The summed E-state index contributed by atoms with van der Waals surface area (Å²) in [4.78, 5) is 2.69. The number of fused-ring (bicyclic) bond motifs is 2. The molecule has 2 nitrogen and oxygen atoms in total. The maximum absolute atomic E-state index is 6.26.